The number of carbonyl (C=O) groups is 2. The number of halogens is 2. The molecule has 3 aromatic carbocycles. The molecule has 0 bridgehead atoms. The van der Waals surface area contributed by atoms with Crippen LogP contribution in [0.1, 0.15) is 21.5 Å². The molecule has 0 radical (unpaired) electrons. The predicted octanol–water partition coefficient (Wildman–Crippen LogP) is 4.40. The van der Waals surface area contributed by atoms with Crippen LogP contribution in [0.5, 0.6) is 5.75 Å². The van der Waals surface area contributed by atoms with Gasteiger partial charge in [0.25, 0.3) is 5.91 Å². The van der Waals surface area contributed by atoms with E-state index < -0.39 is 23.5 Å². The summed E-state index contributed by atoms with van der Waals surface area (Å²) in [5.74, 6) is -3.23. The Bertz CT molecular complexity index is 1080. The zero-order valence-electron chi connectivity index (χ0n) is 15.6. The molecular weight excluding hydrogens is 392 g/mol. The largest absolute Gasteiger partial charge is 0.489 e. The van der Waals surface area contributed by atoms with E-state index in [1.54, 1.807) is 54.6 Å². The van der Waals surface area contributed by atoms with Crippen molar-refractivity contribution in [3.05, 3.63) is 107 Å². The molecule has 0 saturated heterocycles. The summed E-state index contributed by atoms with van der Waals surface area (Å²) in [6, 6.07) is 18.2. The molecule has 1 amide bonds. The standard InChI is InChI=1S/C23H17F2NO4/c24-19-11-8-16(12-20(19)25)14-30-18-9-6-15(7-10-18)13-21(23(28)29)26-22(27)17-4-2-1-3-5-17/h1-13H,14H2,(H,26,27)(H,28,29)/b21-13+. The first kappa shape index (κ1) is 20.7. The second-order valence-corrected chi connectivity index (χ2v) is 6.29. The first-order valence-corrected chi connectivity index (χ1v) is 8.90. The van der Waals surface area contributed by atoms with Gasteiger partial charge in [-0.3, -0.25) is 4.79 Å². The monoisotopic (exact) mass is 409 g/mol. The van der Waals surface area contributed by atoms with Crippen molar-refractivity contribution in [1.29, 1.82) is 0 Å². The van der Waals surface area contributed by atoms with Crippen molar-refractivity contribution in [3.63, 3.8) is 0 Å². The molecule has 30 heavy (non-hydrogen) atoms. The van der Waals surface area contributed by atoms with Gasteiger partial charge in [0, 0.05) is 5.56 Å². The minimum Gasteiger partial charge on any atom is -0.489 e. The van der Waals surface area contributed by atoms with Gasteiger partial charge in [-0.2, -0.15) is 0 Å². The molecule has 0 heterocycles. The molecular formula is C23H17F2NO4. The minimum absolute atomic E-state index is 0.0416. The van der Waals surface area contributed by atoms with Crippen LogP contribution in [0, 0.1) is 11.6 Å². The van der Waals surface area contributed by atoms with Gasteiger partial charge in [-0.15, -0.1) is 0 Å². The molecule has 5 nitrogen and oxygen atoms in total. The zero-order chi connectivity index (χ0) is 21.5. The van der Waals surface area contributed by atoms with E-state index in [1.807, 2.05) is 0 Å². The lowest BCUT2D eigenvalue weighted by molar-refractivity contribution is -0.132. The summed E-state index contributed by atoms with van der Waals surface area (Å²) in [7, 11) is 0. The number of carboxylic acids is 1. The second kappa shape index (κ2) is 9.47. The summed E-state index contributed by atoms with van der Waals surface area (Å²) < 4.78 is 31.7. The fourth-order valence-corrected chi connectivity index (χ4v) is 2.56. The maximum Gasteiger partial charge on any atom is 0.352 e. The highest BCUT2D eigenvalue weighted by molar-refractivity contribution is 6.02. The van der Waals surface area contributed by atoms with Crippen molar-refractivity contribution in [3.8, 4) is 5.75 Å². The molecule has 0 atom stereocenters. The van der Waals surface area contributed by atoms with Crippen LogP contribution >= 0.6 is 0 Å². The second-order valence-electron chi connectivity index (χ2n) is 6.29. The highest BCUT2D eigenvalue weighted by Gasteiger charge is 2.13. The van der Waals surface area contributed by atoms with Crippen LogP contribution < -0.4 is 10.1 Å². The van der Waals surface area contributed by atoms with E-state index in [0.29, 0.717) is 22.4 Å². The number of hydrogen-bond acceptors (Lipinski definition) is 3. The summed E-state index contributed by atoms with van der Waals surface area (Å²) >= 11 is 0. The van der Waals surface area contributed by atoms with Crippen LogP contribution in [0.4, 0.5) is 8.78 Å². The van der Waals surface area contributed by atoms with E-state index in [2.05, 4.69) is 5.32 Å². The van der Waals surface area contributed by atoms with E-state index in [-0.39, 0.29) is 12.3 Å². The van der Waals surface area contributed by atoms with Crippen LogP contribution in [0.3, 0.4) is 0 Å². The molecule has 2 N–H and O–H groups in total. The van der Waals surface area contributed by atoms with Crippen molar-refractivity contribution in [2.75, 3.05) is 0 Å². The van der Waals surface area contributed by atoms with Crippen molar-refractivity contribution in [2.45, 2.75) is 6.61 Å². The van der Waals surface area contributed by atoms with Crippen molar-refractivity contribution < 1.29 is 28.2 Å². The molecule has 0 aliphatic carbocycles. The van der Waals surface area contributed by atoms with Crippen LogP contribution in [-0.2, 0) is 11.4 Å². The Morgan fingerprint density at radius 2 is 1.63 bits per heavy atom. The molecule has 0 spiro atoms. The van der Waals surface area contributed by atoms with Gasteiger partial charge in [-0.25, -0.2) is 13.6 Å². The molecule has 7 heteroatoms. The first-order chi connectivity index (χ1) is 14.4. The number of carbonyl (C=O) groups excluding carboxylic acids is 1. The smallest absolute Gasteiger partial charge is 0.352 e. The van der Waals surface area contributed by atoms with Crippen molar-refractivity contribution >= 4 is 18.0 Å². The summed E-state index contributed by atoms with van der Waals surface area (Å²) in [5, 5.41) is 11.7. The lowest BCUT2D eigenvalue weighted by Crippen LogP contribution is -2.27. The van der Waals surface area contributed by atoms with E-state index >= 15 is 0 Å². The number of hydrogen-bond donors (Lipinski definition) is 2. The molecule has 0 aromatic heterocycles. The summed E-state index contributed by atoms with van der Waals surface area (Å²) in [6.07, 6.45) is 1.32. The number of amides is 1. The van der Waals surface area contributed by atoms with Crippen molar-refractivity contribution in [2.24, 2.45) is 0 Å². The highest BCUT2D eigenvalue weighted by atomic mass is 19.2. The number of aliphatic carboxylic acids is 1. The Kier molecular flexibility index (Phi) is 6.54. The molecule has 0 aliphatic heterocycles. The third kappa shape index (κ3) is 5.51. The van der Waals surface area contributed by atoms with Gasteiger partial charge in [0.15, 0.2) is 11.6 Å². The highest BCUT2D eigenvalue weighted by Crippen LogP contribution is 2.17. The van der Waals surface area contributed by atoms with Crippen molar-refractivity contribution in [1.82, 2.24) is 5.32 Å². The molecule has 3 aromatic rings. The quantitative estimate of drug-likeness (QED) is 0.567. The molecule has 0 fully saturated rings. The van der Waals surface area contributed by atoms with Crippen LogP contribution in [0.25, 0.3) is 6.08 Å². The Morgan fingerprint density at radius 3 is 2.27 bits per heavy atom. The lowest BCUT2D eigenvalue weighted by Gasteiger charge is -2.08. The Balaban J connectivity index is 1.67. The topological polar surface area (TPSA) is 75.6 Å². The zero-order valence-corrected chi connectivity index (χ0v) is 15.6. The average molecular weight is 409 g/mol. The van der Waals surface area contributed by atoms with E-state index in [1.165, 1.54) is 12.1 Å². The molecule has 3 rings (SSSR count). The molecule has 0 unspecified atom stereocenters. The number of carboxylic acid groups (broad SMARTS) is 1. The molecule has 0 aliphatic rings. The predicted molar refractivity (Wildman–Crippen MR) is 107 cm³/mol. The maximum absolute atomic E-state index is 13.2. The SMILES string of the molecule is O=C(O)/C(=C\c1ccc(OCc2ccc(F)c(F)c2)cc1)NC(=O)c1ccccc1. The third-order valence-corrected chi connectivity index (χ3v) is 4.10. The normalized spacial score (nSPS) is 11.1. The van der Waals surface area contributed by atoms with Gasteiger partial charge in [0.1, 0.15) is 18.1 Å². The summed E-state index contributed by atoms with van der Waals surface area (Å²) in [6.45, 7) is 0.0416. The molecule has 0 saturated carbocycles. The van der Waals surface area contributed by atoms with Crippen LogP contribution in [0.2, 0.25) is 0 Å². The number of ether oxygens (including phenoxy) is 1. The van der Waals surface area contributed by atoms with E-state index in [4.69, 9.17) is 4.74 Å². The number of rotatable bonds is 7. The molecule has 152 valence electrons. The van der Waals surface area contributed by atoms with Gasteiger partial charge < -0.3 is 15.2 Å². The van der Waals surface area contributed by atoms with Gasteiger partial charge in [0.2, 0.25) is 0 Å². The van der Waals surface area contributed by atoms with Gasteiger partial charge >= 0.3 is 5.97 Å². The van der Waals surface area contributed by atoms with Gasteiger partial charge in [-0.1, -0.05) is 36.4 Å². The van der Waals surface area contributed by atoms with Crippen LogP contribution in [-0.4, -0.2) is 17.0 Å². The first-order valence-electron chi connectivity index (χ1n) is 8.90. The number of benzene rings is 3. The summed E-state index contributed by atoms with van der Waals surface area (Å²) in [4.78, 5) is 23.7. The fraction of sp³-hybridized carbons (Fsp3) is 0.0435. The van der Waals surface area contributed by atoms with Crippen LogP contribution in [0.15, 0.2) is 78.5 Å². The average Bonchev–Trinajstić information content (AvgIpc) is 2.75. The Hall–Kier alpha value is -4.00. The lowest BCUT2D eigenvalue weighted by atomic mass is 10.1. The van der Waals surface area contributed by atoms with Gasteiger partial charge in [-0.05, 0) is 53.6 Å². The fourth-order valence-electron chi connectivity index (χ4n) is 2.56. The Morgan fingerprint density at radius 1 is 0.933 bits per heavy atom. The number of nitrogens with one attached hydrogen (secondary N) is 1. The summed E-state index contributed by atoms with van der Waals surface area (Å²) in [5.41, 5.74) is 1.06. The maximum atomic E-state index is 13.2. The Labute approximate surface area is 171 Å². The van der Waals surface area contributed by atoms with Gasteiger partial charge in [0.05, 0.1) is 0 Å². The van der Waals surface area contributed by atoms with E-state index in [0.717, 1.165) is 12.1 Å². The third-order valence-electron chi connectivity index (χ3n) is 4.10. The van der Waals surface area contributed by atoms with E-state index in [9.17, 15) is 23.5 Å². The minimum atomic E-state index is -1.28.